The Balaban J connectivity index is 1.43. The highest BCUT2D eigenvalue weighted by Gasteiger charge is 2.08. The maximum atomic E-state index is 13.1. The van der Waals surface area contributed by atoms with E-state index < -0.39 is 0 Å². The number of anilines is 1. The lowest BCUT2D eigenvalue weighted by molar-refractivity contribution is -0.116. The van der Waals surface area contributed by atoms with Crippen LogP contribution < -0.4 is 15.4 Å². The summed E-state index contributed by atoms with van der Waals surface area (Å²) in [6.07, 6.45) is 2.39. The summed E-state index contributed by atoms with van der Waals surface area (Å²) in [6, 6.07) is 18.1. The molecule has 3 rings (SSSR count). The highest BCUT2D eigenvalue weighted by Crippen LogP contribution is 2.14. The fourth-order valence-corrected chi connectivity index (χ4v) is 2.72. The SMILES string of the molecule is O=C(CCCOc1cccc(F)c1)Nc1cccc(C(=O)NCc2ccccn2)c1. The van der Waals surface area contributed by atoms with Gasteiger partial charge in [0.15, 0.2) is 0 Å². The van der Waals surface area contributed by atoms with Crippen molar-refractivity contribution in [2.24, 2.45) is 0 Å². The molecule has 2 amide bonds. The molecule has 1 aromatic heterocycles. The second-order valence-corrected chi connectivity index (χ2v) is 6.54. The summed E-state index contributed by atoms with van der Waals surface area (Å²) in [4.78, 5) is 28.6. The van der Waals surface area contributed by atoms with Gasteiger partial charge in [-0.25, -0.2) is 4.39 Å². The highest BCUT2D eigenvalue weighted by molar-refractivity contribution is 5.97. The van der Waals surface area contributed by atoms with Gasteiger partial charge in [0.05, 0.1) is 18.8 Å². The molecule has 0 aliphatic carbocycles. The second kappa shape index (κ2) is 10.7. The minimum atomic E-state index is -0.366. The molecule has 3 aromatic rings. The summed E-state index contributed by atoms with van der Waals surface area (Å²) in [7, 11) is 0. The maximum Gasteiger partial charge on any atom is 0.251 e. The normalized spacial score (nSPS) is 10.3. The molecular weight excluding hydrogens is 385 g/mol. The molecule has 0 spiro atoms. The number of aromatic nitrogens is 1. The predicted octanol–water partition coefficient (Wildman–Crippen LogP) is 3.95. The zero-order chi connectivity index (χ0) is 21.2. The van der Waals surface area contributed by atoms with Gasteiger partial charge in [0.2, 0.25) is 5.91 Å². The third-order valence-corrected chi connectivity index (χ3v) is 4.18. The van der Waals surface area contributed by atoms with Crippen molar-refractivity contribution in [2.45, 2.75) is 19.4 Å². The summed E-state index contributed by atoms with van der Waals surface area (Å²) >= 11 is 0. The van der Waals surface area contributed by atoms with E-state index in [2.05, 4.69) is 15.6 Å². The van der Waals surface area contributed by atoms with Crippen molar-refractivity contribution in [1.82, 2.24) is 10.3 Å². The summed E-state index contributed by atoms with van der Waals surface area (Å²) in [5, 5.41) is 5.57. The first kappa shape index (κ1) is 21.0. The Bertz CT molecular complexity index is 996. The molecule has 2 N–H and O–H groups in total. The van der Waals surface area contributed by atoms with E-state index in [1.807, 2.05) is 18.2 Å². The standard InChI is InChI=1S/C23H22FN3O3/c24-18-7-4-10-21(15-18)30-13-5-11-22(28)27-19-9-3-6-17(14-19)23(29)26-16-20-8-1-2-12-25-20/h1-4,6-10,12,14-15H,5,11,13,16H2,(H,26,29)(H,27,28). The van der Waals surface area contributed by atoms with Crippen molar-refractivity contribution in [2.75, 3.05) is 11.9 Å². The van der Waals surface area contributed by atoms with Crippen molar-refractivity contribution in [3.05, 3.63) is 90.0 Å². The van der Waals surface area contributed by atoms with Crippen LogP contribution in [0.4, 0.5) is 10.1 Å². The molecule has 154 valence electrons. The number of benzene rings is 2. The van der Waals surface area contributed by atoms with Crippen LogP contribution in [0, 0.1) is 5.82 Å². The minimum Gasteiger partial charge on any atom is -0.493 e. The number of hydrogen-bond donors (Lipinski definition) is 2. The lowest BCUT2D eigenvalue weighted by Crippen LogP contribution is -2.23. The Labute approximate surface area is 174 Å². The molecule has 0 aliphatic heterocycles. The van der Waals surface area contributed by atoms with Gasteiger partial charge in [-0.05, 0) is 48.9 Å². The van der Waals surface area contributed by atoms with Crippen LogP contribution in [-0.4, -0.2) is 23.4 Å². The van der Waals surface area contributed by atoms with Crippen molar-refractivity contribution < 1.29 is 18.7 Å². The molecule has 1 heterocycles. The third-order valence-electron chi connectivity index (χ3n) is 4.18. The fourth-order valence-electron chi connectivity index (χ4n) is 2.72. The van der Waals surface area contributed by atoms with Gasteiger partial charge in [-0.15, -0.1) is 0 Å². The number of nitrogens with zero attached hydrogens (tertiary/aromatic N) is 1. The first-order chi connectivity index (χ1) is 14.6. The number of carbonyl (C=O) groups is 2. The van der Waals surface area contributed by atoms with E-state index in [1.165, 1.54) is 12.1 Å². The lowest BCUT2D eigenvalue weighted by atomic mass is 10.1. The summed E-state index contributed by atoms with van der Waals surface area (Å²) in [6.45, 7) is 0.619. The molecule has 0 radical (unpaired) electrons. The third kappa shape index (κ3) is 6.70. The highest BCUT2D eigenvalue weighted by atomic mass is 19.1. The smallest absolute Gasteiger partial charge is 0.251 e. The van der Waals surface area contributed by atoms with Crippen LogP contribution in [0.3, 0.4) is 0 Å². The van der Waals surface area contributed by atoms with Gasteiger partial charge in [0.1, 0.15) is 11.6 Å². The number of rotatable bonds is 9. The average molecular weight is 407 g/mol. The quantitative estimate of drug-likeness (QED) is 0.527. The Morgan fingerprint density at radius 2 is 1.87 bits per heavy atom. The van der Waals surface area contributed by atoms with Gasteiger partial charge in [-0.2, -0.15) is 0 Å². The number of amides is 2. The van der Waals surface area contributed by atoms with Gasteiger partial charge in [0.25, 0.3) is 5.91 Å². The zero-order valence-electron chi connectivity index (χ0n) is 16.3. The van der Waals surface area contributed by atoms with Crippen molar-refractivity contribution in [3.8, 4) is 5.75 Å². The Morgan fingerprint density at radius 1 is 1.00 bits per heavy atom. The molecule has 0 saturated heterocycles. The zero-order valence-corrected chi connectivity index (χ0v) is 16.3. The molecule has 0 atom stereocenters. The van der Waals surface area contributed by atoms with E-state index in [0.717, 1.165) is 5.69 Å². The number of hydrogen-bond acceptors (Lipinski definition) is 4. The maximum absolute atomic E-state index is 13.1. The lowest BCUT2D eigenvalue weighted by Gasteiger charge is -2.09. The molecule has 7 heteroatoms. The summed E-state index contributed by atoms with van der Waals surface area (Å²) < 4.78 is 18.5. The summed E-state index contributed by atoms with van der Waals surface area (Å²) in [5.74, 6) is -0.377. The Morgan fingerprint density at radius 3 is 2.67 bits per heavy atom. The summed E-state index contributed by atoms with van der Waals surface area (Å²) in [5.41, 5.74) is 1.74. The van der Waals surface area contributed by atoms with Gasteiger partial charge < -0.3 is 15.4 Å². The van der Waals surface area contributed by atoms with Crippen molar-refractivity contribution >= 4 is 17.5 Å². The minimum absolute atomic E-state index is 0.191. The predicted molar refractivity (Wildman–Crippen MR) is 112 cm³/mol. The van der Waals surface area contributed by atoms with E-state index >= 15 is 0 Å². The van der Waals surface area contributed by atoms with Gasteiger partial charge in [-0.3, -0.25) is 14.6 Å². The topological polar surface area (TPSA) is 80.3 Å². The fraction of sp³-hybridized carbons (Fsp3) is 0.174. The van der Waals surface area contributed by atoms with E-state index in [-0.39, 0.29) is 24.1 Å². The molecule has 2 aromatic carbocycles. The molecule has 0 aliphatic rings. The van der Waals surface area contributed by atoms with Crippen LogP contribution in [0.5, 0.6) is 5.75 Å². The van der Waals surface area contributed by atoms with Gasteiger partial charge in [0, 0.05) is 29.9 Å². The van der Waals surface area contributed by atoms with E-state index in [4.69, 9.17) is 4.74 Å². The van der Waals surface area contributed by atoms with E-state index in [1.54, 1.807) is 42.6 Å². The van der Waals surface area contributed by atoms with Crippen LogP contribution >= 0.6 is 0 Å². The Hall–Kier alpha value is -3.74. The molecule has 0 saturated carbocycles. The largest absolute Gasteiger partial charge is 0.493 e. The molecule has 0 bridgehead atoms. The first-order valence-corrected chi connectivity index (χ1v) is 9.56. The average Bonchev–Trinajstić information content (AvgIpc) is 2.76. The number of pyridine rings is 1. The Kier molecular flexibility index (Phi) is 7.49. The number of carbonyl (C=O) groups excluding carboxylic acids is 2. The van der Waals surface area contributed by atoms with Crippen LogP contribution in [-0.2, 0) is 11.3 Å². The molecular formula is C23H22FN3O3. The molecule has 6 nitrogen and oxygen atoms in total. The number of nitrogens with one attached hydrogen (secondary N) is 2. The second-order valence-electron chi connectivity index (χ2n) is 6.54. The van der Waals surface area contributed by atoms with Crippen LogP contribution in [0.1, 0.15) is 28.9 Å². The molecule has 0 unspecified atom stereocenters. The van der Waals surface area contributed by atoms with Crippen molar-refractivity contribution in [3.63, 3.8) is 0 Å². The van der Waals surface area contributed by atoms with E-state index in [9.17, 15) is 14.0 Å². The van der Waals surface area contributed by atoms with Crippen LogP contribution in [0.2, 0.25) is 0 Å². The van der Waals surface area contributed by atoms with Crippen molar-refractivity contribution in [1.29, 1.82) is 0 Å². The van der Waals surface area contributed by atoms with Gasteiger partial charge in [-0.1, -0.05) is 18.2 Å². The molecule has 30 heavy (non-hydrogen) atoms. The van der Waals surface area contributed by atoms with E-state index in [0.29, 0.717) is 36.6 Å². The molecule has 0 fully saturated rings. The van der Waals surface area contributed by atoms with Gasteiger partial charge >= 0.3 is 0 Å². The van der Waals surface area contributed by atoms with Crippen LogP contribution in [0.25, 0.3) is 0 Å². The number of ether oxygens (including phenoxy) is 1. The number of halogens is 1. The monoisotopic (exact) mass is 407 g/mol. The van der Waals surface area contributed by atoms with Crippen LogP contribution in [0.15, 0.2) is 72.9 Å². The first-order valence-electron chi connectivity index (χ1n) is 9.56.